The number of anilines is 1. The topological polar surface area (TPSA) is 82.5 Å². The van der Waals surface area contributed by atoms with E-state index in [0.717, 1.165) is 11.4 Å². The normalized spacial score (nSPS) is 11.3. The van der Waals surface area contributed by atoms with Gasteiger partial charge >= 0.3 is 0 Å². The molecule has 0 aliphatic carbocycles. The van der Waals surface area contributed by atoms with Crippen molar-refractivity contribution in [3.63, 3.8) is 0 Å². The van der Waals surface area contributed by atoms with E-state index in [1.54, 1.807) is 22.9 Å². The summed E-state index contributed by atoms with van der Waals surface area (Å²) in [6.45, 7) is 3.81. The summed E-state index contributed by atoms with van der Waals surface area (Å²) in [5.41, 5.74) is 2.83. The van der Waals surface area contributed by atoms with Gasteiger partial charge in [0.15, 0.2) is 11.5 Å². The lowest BCUT2D eigenvalue weighted by Crippen LogP contribution is -2.15. The molecule has 0 amide bonds. The van der Waals surface area contributed by atoms with Crippen LogP contribution in [0.5, 0.6) is 11.5 Å². The lowest BCUT2D eigenvalue weighted by molar-refractivity contribution is 0.354. The van der Waals surface area contributed by atoms with Crippen molar-refractivity contribution < 1.29 is 17.9 Å². The smallest absolute Gasteiger partial charge is 0.262 e. The maximum atomic E-state index is 12.9. The monoisotopic (exact) mass is 387 g/mol. The number of para-hydroxylation sites is 2. The summed E-state index contributed by atoms with van der Waals surface area (Å²) in [6.07, 6.45) is 0. The molecule has 7 nitrogen and oxygen atoms in total. The van der Waals surface area contributed by atoms with Gasteiger partial charge in [0.25, 0.3) is 10.0 Å². The Morgan fingerprint density at radius 2 is 1.67 bits per heavy atom. The minimum Gasteiger partial charge on any atom is -0.493 e. The Morgan fingerprint density at radius 1 is 0.963 bits per heavy atom. The van der Waals surface area contributed by atoms with Crippen LogP contribution in [0.1, 0.15) is 11.4 Å². The Bertz CT molecular complexity index is 1070. The summed E-state index contributed by atoms with van der Waals surface area (Å²) < 4.78 is 40.5. The molecule has 0 aliphatic heterocycles. The van der Waals surface area contributed by atoms with Crippen molar-refractivity contribution in [1.82, 2.24) is 9.78 Å². The minimum absolute atomic E-state index is 0.0725. The van der Waals surface area contributed by atoms with E-state index < -0.39 is 10.0 Å². The second kappa shape index (κ2) is 7.32. The first kappa shape index (κ1) is 18.8. The first-order valence-electron chi connectivity index (χ1n) is 8.23. The van der Waals surface area contributed by atoms with Gasteiger partial charge in [-0.25, -0.2) is 13.1 Å². The molecule has 0 unspecified atom stereocenters. The molecule has 142 valence electrons. The van der Waals surface area contributed by atoms with E-state index in [1.165, 1.54) is 26.4 Å². The lowest BCUT2D eigenvalue weighted by atomic mass is 10.2. The molecule has 1 N–H and O–H groups in total. The van der Waals surface area contributed by atoms with Gasteiger partial charge in [0.1, 0.15) is 0 Å². The first-order chi connectivity index (χ1) is 12.9. The molecule has 2 aromatic carbocycles. The van der Waals surface area contributed by atoms with Crippen LogP contribution in [0.3, 0.4) is 0 Å². The number of methoxy groups -OCH3 is 2. The standard InChI is InChI=1S/C19H21N3O4S/c1-13-11-14(2)22(20-13)17-8-6-5-7-16(17)21-27(23,24)15-9-10-18(25-3)19(12-15)26-4/h5-12,21H,1-4H3. The van der Waals surface area contributed by atoms with Crippen molar-refractivity contribution in [3.05, 3.63) is 59.9 Å². The molecule has 0 fully saturated rings. The molecule has 27 heavy (non-hydrogen) atoms. The van der Waals surface area contributed by atoms with E-state index in [0.29, 0.717) is 22.9 Å². The molecule has 8 heteroatoms. The molecule has 0 bridgehead atoms. The van der Waals surface area contributed by atoms with Crippen molar-refractivity contribution in [3.8, 4) is 17.2 Å². The van der Waals surface area contributed by atoms with Gasteiger partial charge < -0.3 is 9.47 Å². The third-order valence-corrected chi connectivity index (χ3v) is 5.41. The van der Waals surface area contributed by atoms with E-state index in [4.69, 9.17) is 9.47 Å². The van der Waals surface area contributed by atoms with E-state index in [2.05, 4.69) is 9.82 Å². The second-order valence-corrected chi connectivity index (χ2v) is 7.66. The van der Waals surface area contributed by atoms with Crippen LogP contribution in [0.15, 0.2) is 53.4 Å². The van der Waals surface area contributed by atoms with E-state index in [-0.39, 0.29) is 4.90 Å². The van der Waals surface area contributed by atoms with Crippen molar-refractivity contribution in [2.24, 2.45) is 0 Å². The molecule has 3 rings (SSSR count). The number of rotatable bonds is 6. The third-order valence-electron chi connectivity index (χ3n) is 4.05. The molecular weight excluding hydrogens is 366 g/mol. The predicted molar refractivity (Wildman–Crippen MR) is 103 cm³/mol. The zero-order valence-corrected chi connectivity index (χ0v) is 16.4. The quantitative estimate of drug-likeness (QED) is 0.702. The van der Waals surface area contributed by atoms with Crippen molar-refractivity contribution in [1.29, 1.82) is 0 Å². The van der Waals surface area contributed by atoms with Crippen LogP contribution in [0, 0.1) is 13.8 Å². The van der Waals surface area contributed by atoms with Crippen molar-refractivity contribution in [2.75, 3.05) is 18.9 Å². The molecule has 1 aromatic heterocycles. The highest BCUT2D eigenvalue weighted by Crippen LogP contribution is 2.31. The summed E-state index contributed by atoms with van der Waals surface area (Å²) in [4.78, 5) is 0.0725. The summed E-state index contributed by atoms with van der Waals surface area (Å²) in [6, 6.07) is 13.5. The molecule has 0 atom stereocenters. The third kappa shape index (κ3) is 3.75. The molecule has 0 saturated heterocycles. The summed E-state index contributed by atoms with van der Waals surface area (Å²) in [5.74, 6) is 0.798. The van der Waals surface area contributed by atoms with Crippen LogP contribution in [-0.4, -0.2) is 32.4 Å². The van der Waals surface area contributed by atoms with Crippen LogP contribution < -0.4 is 14.2 Å². The van der Waals surface area contributed by atoms with Gasteiger partial charge in [0.2, 0.25) is 0 Å². The summed E-state index contributed by atoms with van der Waals surface area (Å²) in [5, 5.41) is 4.44. The maximum absolute atomic E-state index is 12.9. The van der Waals surface area contributed by atoms with Gasteiger partial charge in [0.05, 0.1) is 36.2 Å². The minimum atomic E-state index is -3.83. The Hall–Kier alpha value is -3.00. The highest BCUT2D eigenvalue weighted by molar-refractivity contribution is 7.92. The van der Waals surface area contributed by atoms with Gasteiger partial charge in [-0.3, -0.25) is 4.72 Å². The van der Waals surface area contributed by atoms with Crippen LogP contribution in [0.4, 0.5) is 5.69 Å². The van der Waals surface area contributed by atoms with Gasteiger partial charge in [-0.1, -0.05) is 12.1 Å². The van der Waals surface area contributed by atoms with Crippen LogP contribution in [0.25, 0.3) is 5.69 Å². The number of benzene rings is 2. The second-order valence-electron chi connectivity index (χ2n) is 5.98. The summed E-state index contributed by atoms with van der Waals surface area (Å²) in [7, 11) is -0.881. The van der Waals surface area contributed by atoms with Crippen molar-refractivity contribution in [2.45, 2.75) is 18.7 Å². The van der Waals surface area contributed by atoms with E-state index >= 15 is 0 Å². The van der Waals surface area contributed by atoms with Crippen LogP contribution in [0.2, 0.25) is 0 Å². The Labute approximate surface area is 158 Å². The fourth-order valence-electron chi connectivity index (χ4n) is 2.80. The van der Waals surface area contributed by atoms with E-state index in [9.17, 15) is 8.42 Å². The average molecular weight is 387 g/mol. The highest BCUT2D eigenvalue weighted by Gasteiger charge is 2.19. The zero-order chi connectivity index (χ0) is 19.6. The van der Waals surface area contributed by atoms with Gasteiger partial charge in [0, 0.05) is 11.8 Å². The average Bonchev–Trinajstić information content (AvgIpc) is 2.99. The molecule has 1 heterocycles. The number of aromatic nitrogens is 2. The number of ether oxygens (including phenoxy) is 2. The van der Waals surface area contributed by atoms with Gasteiger partial charge in [-0.2, -0.15) is 5.10 Å². The van der Waals surface area contributed by atoms with Crippen molar-refractivity contribution >= 4 is 15.7 Å². The zero-order valence-electron chi connectivity index (χ0n) is 15.6. The number of hydrogen-bond acceptors (Lipinski definition) is 5. The SMILES string of the molecule is COc1ccc(S(=O)(=O)Nc2ccccc2-n2nc(C)cc2C)cc1OC. The first-order valence-corrected chi connectivity index (χ1v) is 9.71. The molecular formula is C19H21N3O4S. The Morgan fingerprint density at radius 3 is 2.30 bits per heavy atom. The predicted octanol–water partition coefficient (Wildman–Crippen LogP) is 3.31. The van der Waals surface area contributed by atoms with Gasteiger partial charge in [-0.05, 0) is 44.2 Å². The van der Waals surface area contributed by atoms with Gasteiger partial charge in [-0.15, -0.1) is 0 Å². The number of sulfonamides is 1. The van der Waals surface area contributed by atoms with E-state index in [1.807, 2.05) is 32.0 Å². The fourth-order valence-corrected chi connectivity index (χ4v) is 3.89. The Balaban J connectivity index is 2.02. The maximum Gasteiger partial charge on any atom is 0.262 e. The fraction of sp³-hybridized carbons (Fsp3) is 0.211. The lowest BCUT2D eigenvalue weighted by Gasteiger charge is -2.15. The molecule has 0 aliphatic rings. The number of aryl methyl sites for hydroxylation is 2. The molecule has 0 saturated carbocycles. The van der Waals surface area contributed by atoms with Crippen LogP contribution >= 0.6 is 0 Å². The number of nitrogens with one attached hydrogen (secondary N) is 1. The molecule has 0 radical (unpaired) electrons. The molecule has 3 aromatic rings. The highest BCUT2D eigenvalue weighted by atomic mass is 32.2. The number of nitrogens with zero attached hydrogens (tertiary/aromatic N) is 2. The molecule has 0 spiro atoms. The number of hydrogen-bond donors (Lipinski definition) is 1. The largest absolute Gasteiger partial charge is 0.493 e. The Kier molecular flexibility index (Phi) is 5.09. The van der Waals surface area contributed by atoms with Crippen LogP contribution in [-0.2, 0) is 10.0 Å². The summed E-state index contributed by atoms with van der Waals surface area (Å²) >= 11 is 0.